The summed E-state index contributed by atoms with van der Waals surface area (Å²) in [5.41, 5.74) is -0.569. The van der Waals surface area contributed by atoms with Crippen LogP contribution in [0.4, 0.5) is 4.79 Å². The van der Waals surface area contributed by atoms with E-state index in [1.54, 1.807) is 6.92 Å². The van der Waals surface area contributed by atoms with E-state index < -0.39 is 17.7 Å². The third-order valence-electron chi connectivity index (χ3n) is 3.57. The highest BCUT2D eigenvalue weighted by molar-refractivity contribution is 5.83. The molecule has 2 heterocycles. The molecule has 2 aliphatic rings. The summed E-state index contributed by atoms with van der Waals surface area (Å²) in [6.45, 7) is 8.04. The Morgan fingerprint density at radius 3 is 2.60 bits per heavy atom. The maximum Gasteiger partial charge on any atom is 0.411 e. The van der Waals surface area contributed by atoms with E-state index in [0.29, 0.717) is 13.2 Å². The minimum atomic E-state index is -0.580. The fourth-order valence-corrected chi connectivity index (χ4v) is 2.84. The van der Waals surface area contributed by atoms with Gasteiger partial charge in [0.2, 0.25) is 0 Å². The molecule has 20 heavy (non-hydrogen) atoms. The molecule has 2 fully saturated rings. The summed E-state index contributed by atoms with van der Waals surface area (Å²) in [5, 5.41) is 3.38. The molecule has 0 spiro atoms. The van der Waals surface area contributed by atoms with Crippen LogP contribution in [0.2, 0.25) is 0 Å². The van der Waals surface area contributed by atoms with E-state index in [0.717, 1.165) is 12.8 Å². The number of likely N-dealkylation sites (tertiary alicyclic amines) is 1. The highest BCUT2D eigenvalue weighted by atomic mass is 16.6. The number of hydrogen-bond acceptors (Lipinski definition) is 5. The average molecular weight is 284 g/mol. The summed E-state index contributed by atoms with van der Waals surface area (Å²) in [6, 6.07) is -0.359. The molecule has 1 N–H and O–H groups in total. The van der Waals surface area contributed by atoms with Crippen molar-refractivity contribution in [2.75, 3.05) is 13.2 Å². The number of carbonyl (C=O) groups is 2. The van der Waals surface area contributed by atoms with E-state index in [1.165, 1.54) is 4.90 Å². The van der Waals surface area contributed by atoms with Crippen molar-refractivity contribution in [2.24, 2.45) is 0 Å². The quantitative estimate of drug-likeness (QED) is 0.774. The van der Waals surface area contributed by atoms with Gasteiger partial charge in [0.1, 0.15) is 11.6 Å². The molecule has 114 valence electrons. The van der Waals surface area contributed by atoms with Crippen molar-refractivity contribution in [3.8, 4) is 0 Å². The topological polar surface area (TPSA) is 67.9 Å². The van der Waals surface area contributed by atoms with Gasteiger partial charge in [-0.3, -0.25) is 4.90 Å². The standard InChI is InChI=1S/C14H24N2O4/c1-5-19-12(17)11-10-7-6-9(15-10)8-16(11)13(18)20-14(2,3)4/h9-11,15H,5-8H2,1-4H3. The summed E-state index contributed by atoms with van der Waals surface area (Å²) in [4.78, 5) is 26.0. The zero-order chi connectivity index (χ0) is 14.9. The van der Waals surface area contributed by atoms with E-state index >= 15 is 0 Å². The molecule has 0 aromatic heterocycles. The Hall–Kier alpha value is -1.30. The number of esters is 1. The number of fused-ring (bicyclic) bond motifs is 2. The molecule has 2 rings (SSSR count). The first-order valence-electron chi connectivity index (χ1n) is 7.24. The van der Waals surface area contributed by atoms with E-state index in [-0.39, 0.29) is 18.1 Å². The van der Waals surface area contributed by atoms with Crippen molar-refractivity contribution < 1.29 is 19.1 Å². The van der Waals surface area contributed by atoms with Crippen LogP contribution in [0.3, 0.4) is 0 Å². The molecule has 2 saturated heterocycles. The minimum absolute atomic E-state index is 0.0275. The lowest BCUT2D eigenvalue weighted by molar-refractivity contribution is -0.151. The number of piperazine rings is 1. The predicted molar refractivity (Wildman–Crippen MR) is 73.3 cm³/mol. The molecule has 2 aliphatic heterocycles. The lowest BCUT2D eigenvalue weighted by Crippen LogP contribution is -2.63. The smallest absolute Gasteiger partial charge is 0.411 e. The van der Waals surface area contributed by atoms with E-state index in [2.05, 4.69) is 5.32 Å². The Balaban J connectivity index is 2.15. The van der Waals surface area contributed by atoms with Crippen molar-refractivity contribution in [3.63, 3.8) is 0 Å². The largest absolute Gasteiger partial charge is 0.464 e. The van der Waals surface area contributed by atoms with E-state index in [4.69, 9.17) is 9.47 Å². The predicted octanol–water partition coefficient (Wildman–Crippen LogP) is 1.29. The zero-order valence-corrected chi connectivity index (χ0v) is 12.6. The van der Waals surface area contributed by atoms with Gasteiger partial charge in [-0.2, -0.15) is 0 Å². The zero-order valence-electron chi connectivity index (χ0n) is 12.6. The SMILES string of the molecule is CCOC(=O)C1C2CCC(CN1C(=O)OC(C)(C)C)N2. The Labute approximate surface area is 119 Å². The number of nitrogens with zero attached hydrogens (tertiary/aromatic N) is 1. The molecule has 3 unspecified atom stereocenters. The summed E-state index contributed by atoms with van der Waals surface area (Å²) in [7, 11) is 0. The van der Waals surface area contributed by atoms with E-state index in [1.807, 2.05) is 20.8 Å². The molecule has 3 atom stereocenters. The van der Waals surface area contributed by atoms with Gasteiger partial charge in [-0.25, -0.2) is 9.59 Å². The highest BCUT2D eigenvalue weighted by Crippen LogP contribution is 2.27. The van der Waals surface area contributed by atoms with Crippen LogP contribution in [0.1, 0.15) is 40.5 Å². The molecule has 0 aromatic rings. The summed E-state index contributed by atoms with van der Waals surface area (Å²) in [6.07, 6.45) is 1.42. The van der Waals surface area contributed by atoms with Crippen molar-refractivity contribution >= 4 is 12.1 Å². The Morgan fingerprint density at radius 2 is 2.00 bits per heavy atom. The lowest BCUT2D eigenvalue weighted by Gasteiger charge is -2.39. The Bertz CT molecular complexity index is 391. The third-order valence-corrected chi connectivity index (χ3v) is 3.57. The van der Waals surface area contributed by atoms with Crippen LogP contribution in [0.25, 0.3) is 0 Å². The number of nitrogens with one attached hydrogen (secondary N) is 1. The first-order chi connectivity index (χ1) is 9.31. The van der Waals surface area contributed by atoms with Gasteiger partial charge in [0.25, 0.3) is 0 Å². The van der Waals surface area contributed by atoms with Gasteiger partial charge in [-0.15, -0.1) is 0 Å². The maximum absolute atomic E-state index is 12.3. The molecule has 6 nitrogen and oxygen atoms in total. The van der Waals surface area contributed by atoms with Crippen molar-refractivity contribution in [2.45, 2.75) is 64.3 Å². The average Bonchev–Trinajstić information content (AvgIpc) is 2.68. The second-order valence-electron chi connectivity index (χ2n) is 6.38. The monoisotopic (exact) mass is 284 g/mol. The van der Waals surface area contributed by atoms with Gasteiger partial charge >= 0.3 is 12.1 Å². The first-order valence-corrected chi connectivity index (χ1v) is 7.24. The summed E-state index contributed by atoms with van der Waals surface area (Å²) in [5.74, 6) is -0.351. The molecule has 0 aliphatic carbocycles. The van der Waals surface area contributed by atoms with Crippen LogP contribution < -0.4 is 5.32 Å². The van der Waals surface area contributed by atoms with Crippen LogP contribution in [0.15, 0.2) is 0 Å². The van der Waals surface area contributed by atoms with Crippen LogP contribution >= 0.6 is 0 Å². The number of hydrogen-bond donors (Lipinski definition) is 1. The fraction of sp³-hybridized carbons (Fsp3) is 0.857. The second kappa shape index (κ2) is 5.60. The molecule has 6 heteroatoms. The van der Waals surface area contributed by atoms with E-state index in [9.17, 15) is 9.59 Å². The summed E-state index contributed by atoms with van der Waals surface area (Å²) >= 11 is 0. The van der Waals surface area contributed by atoms with Gasteiger partial charge in [-0.1, -0.05) is 0 Å². The minimum Gasteiger partial charge on any atom is -0.464 e. The number of amides is 1. The normalized spacial score (nSPS) is 29.2. The fourth-order valence-electron chi connectivity index (χ4n) is 2.84. The lowest BCUT2D eigenvalue weighted by atomic mass is 10.1. The second-order valence-corrected chi connectivity index (χ2v) is 6.38. The molecular formula is C14H24N2O4. The molecule has 0 radical (unpaired) electrons. The van der Waals surface area contributed by atoms with Crippen LogP contribution in [0.5, 0.6) is 0 Å². The molecule has 1 amide bonds. The van der Waals surface area contributed by atoms with Gasteiger partial charge < -0.3 is 14.8 Å². The third kappa shape index (κ3) is 3.23. The Kier molecular flexibility index (Phi) is 4.22. The number of carbonyl (C=O) groups excluding carboxylic acids is 2. The number of ether oxygens (including phenoxy) is 2. The Morgan fingerprint density at radius 1 is 1.30 bits per heavy atom. The molecule has 2 bridgehead atoms. The molecule has 0 saturated carbocycles. The van der Waals surface area contributed by atoms with Crippen LogP contribution in [-0.4, -0.2) is 53.8 Å². The van der Waals surface area contributed by atoms with Gasteiger partial charge in [0.15, 0.2) is 0 Å². The molecular weight excluding hydrogens is 260 g/mol. The molecule has 0 aromatic carbocycles. The van der Waals surface area contributed by atoms with Gasteiger partial charge in [-0.05, 0) is 40.5 Å². The van der Waals surface area contributed by atoms with Crippen LogP contribution in [-0.2, 0) is 14.3 Å². The van der Waals surface area contributed by atoms with Crippen molar-refractivity contribution in [3.05, 3.63) is 0 Å². The number of rotatable bonds is 2. The van der Waals surface area contributed by atoms with Crippen LogP contribution in [0, 0.1) is 0 Å². The van der Waals surface area contributed by atoms with Crippen molar-refractivity contribution in [1.82, 2.24) is 10.2 Å². The van der Waals surface area contributed by atoms with Gasteiger partial charge in [0.05, 0.1) is 6.61 Å². The van der Waals surface area contributed by atoms with Crippen molar-refractivity contribution in [1.29, 1.82) is 0 Å². The highest BCUT2D eigenvalue weighted by Gasteiger charge is 2.47. The maximum atomic E-state index is 12.3. The van der Waals surface area contributed by atoms with Gasteiger partial charge in [0, 0.05) is 18.6 Å². The summed E-state index contributed by atoms with van der Waals surface area (Å²) < 4.78 is 10.5. The first kappa shape index (κ1) is 15.1.